The van der Waals surface area contributed by atoms with Gasteiger partial charge in [-0.15, -0.1) is 0 Å². The molecule has 4 nitrogen and oxygen atoms in total. The highest BCUT2D eigenvalue weighted by molar-refractivity contribution is 6.13. The minimum absolute atomic E-state index is 0.133. The summed E-state index contributed by atoms with van der Waals surface area (Å²) >= 11 is 0. The molecule has 0 heterocycles. The molecule has 4 heteroatoms. The van der Waals surface area contributed by atoms with Gasteiger partial charge in [0.25, 0.3) is 5.91 Å². The number of nitrogens with one attached hydrogen (secondary N) is 2. The van der Waals surface area contributed by atoms with Gasteiger partial charge in [-0.2, -0.15) is 0 Å². The molecule has 0 fully saturated rings. The van der Waals surface area contributed by atoms with Crippen molar-refractivity contribution in [3.8, 4) is 0 Å². The number of rotatable bonds is 6. The van der Waals surface area contributed by atoms with Gasteiger partial charge in [-0.3, -0.25) is 10.2 Å². The minimum atomic E-state index is -0.133. The van der Waals surface area contributed by atoms with Crippen LogP contribution >= 0.6 is 0 Å². The van der Waals surface area contributed by atoms with Crippen LogP contribution in [-0.4, -0.2) is 25.0 Å². The van der Waals surface area contributed by atoms with Crippen LogP contribution in [0.25, 0.3) is 0 Å². The monoisotopic (exact) mass is 195 g/mol. The second kappa shape index (κ2) is 8.16. The lowest BCUT2D eigenvalue weighted by Crippen LogP contribution is -2.26. The smallest absolute Gasteiger partial charge is 0.252 e. The van der Waals surface area contributed by atoms with Gasteiger partial charge in [-0.05, 0) is 13.3 Å². The third kappa shape index (κ3) is 5.24. The summed E-state index contributed by atoms with van der Waals surface area (Å²) in [5.74, 6) is -0.133. The topological polar surface area (TPSA) is 65.3 Å². The Balaban J connectivity index is 4.06. The fraction of sp³-hybridized carbons (Fsp3) is 0.500. The molecule has 1 amide bonds. The van der Waals surface area contributed by atoms with E-state index >= 15 is 0 Å². The minimum Gasteiger partial charge on any atom is -0.352 e. The molecule has 78 valence electrons. The highest BCUT2D eigenvalue weighted by Gasteiger charge is 2.03. The van der Waals surface area contributed by atoms with Crippen molar-refractivity contribution < 1.29 is 4.79 Å². The Morgan fingerprint density at radius 1 is 1.57 bits per heavy atom. The first kappa shape index (κ1) is 12.6. The molecule has 0 rings (SSSR count). The van der Waals surface area contributed by atoms with Gasteiger partial charge in [0.2, 0.25) is 0 Å². The number of unbranched alkanes of at least 4 members (excludes halogenated alkanes) is 1. The van der Waals surface area contributed by atoms with Crippen molar-refractivity contribution in [3.05, 3.63) is 11.6 Å². The molecule has 0 saturated carbocycles. The fourth-order valence-electron chi connectivity index (χ4n) is 0.863. The maximum atomic E-state index is 11.4. The summed E-state index contributed by atoms with van der Waals surface area (Å²) in [6.07, 6.45) is 6.00. The number of hydrogen-bond donors (Lipinski definition) is 2. The van der Waals surface area contributed by atoms with Gasteiger partial charge in [0, 0.05) is 12.8 Å². The van der Waals surface area contributed by atoms with Crippen molar-refractivity contribution in [1.82, 2.24) is 5.32 Å². The Bertz CT molecular complexity index is 244. The zero-order chi connectivity index (χ0) is 10.8. The van der Waals surface area contributed by atoms with Crippen molar-refractivity contribution in [3.63, 3.8) is 0 Å². The number of amides is 1. The molecule has 0 saturated heterocycles. The Morgan fingerprint density at radius 3 is 2.79 bits per heavy atom. The number of hydrogen-bond acceptors (Lipinski definition) is 2. The van der Waals surface area contributed by atoms with E-state index in [9.17, 15) is 4.79 Å². The molecule has 14 heavy (non-hydrogen) atoms. The van der Waals surface area contributed by atoms with Crippen LogP contribution in [0.3, 0.4) is 0 Å². The van der Waals surface area contributed by atoms with Gasteiger partial charge in [0.05, 0.1) is 5.57 Å². The Labute approximate surface area is 84.6 Å². The van der Waals surface area contributed by atoms with E-state index in [-0.39, 0.29) is 5.91 Å². The third-order valence-electron chi connectivity index (χ3n) is 1.68. The van der Waals surface area contributed by atoms with Crippen LogP contribution in [0.2, 0.25) is 0 Å². The largest absolute Gasteiger partial charge is 0.352 e. The summed E-state index contributed by atoms with van der Waals surface area (Å²) < 4.78 is 0. The zero-order valence-corrected chi connectivity index (χ0v) is 8.71. The lowest BCUT2D eigenvalue weighted by molar-refractivity contribution is -0.116. The zero-order valence-electron chi connectivity index (χ0n) is 8.71. The number of allylic oxidation sites excluding steroid dienone is 1. The van der Waals surface area contributed by atoms with Gasteiger partial charge < -0.3 is 5.32 Å². The summed E-state index contributed by atoms with van der Waals surface area (Å²) in [5.41, 5.74) is 0.490. The van der Waals surface area contributed by atoms with Crippen molar-refractivity contribution in [2.45, 2.75) is 26.7 Å². The predicted octanol–water partition coefficient (Wildman–Crippen LogP) is 1.53. The summed E-state index contributed by atoms with van der Waals surface area (Å²) in [6.45, 7) is 4.52. The molecule has 2 N–H and O–H groups in total. The molecule has 0 aliphatic rings. The Kier molecular flexibility index (Phi) is 7.32. The fourth-order valence-corrected chi connectivity index (χ4v) is 0.863. The SMILES string of the molecule is C/C=C(\C=N/C=N)C(=O)NCCCC. The van der Waals surface area contributed by atoms with Crippen LogP contribution in [0, 0.1) is 5.41 Å². The molecule has 0 atom stereocenters. The number of nitrogens with zero attached hydrogens (tertiary/aromatic N) is 1. The van der Waals surface area contributed by atoms with E-state index in [0.717, 1.165) is 19.2 Å². The van der Waals surface area contributed by atoms with E-state index in [0.29, 0.717) is 12.1 Å². The van der Waals surface area contributed by atoms with Gasteiger partial charge >= 0.3 is 0 Å². The highest BCUT2D eigenvalue weighted by atomic mass is 16.1. The third-order valence-corrected chi connectivity index (χ3v) is 1.68. The van der Waals surface area contributed by atoms with E-state index in [2.05, 4.69) is 17.2 Å². The average Bonchev–Trinajstić information content (AvgIpc) is 2.19. The van der Waals surface area contributed by atoms with Crippen LogP contribution in [0.1, 0.15) is 26.7 Å². The first-order valence-corrected chi connectivity index (χ1v) is 4.72. The molecular formula is C10H17N3O. The number of carbonyl (C=O) groups is 1. The lowest BCUT2D eigenvalue weighted by atomic mass is 10.2. The van der Waals surface area contributed by atoms with Gasteiger partial charge in [-0.25, -0.2) is 4.99 Å². The van der Waals surface area contributed by atoms with Crippen LogP contribution in [0.15, 0.2) is 16.6 Å². The summed E-state index contributed by atoms with van der Waals surface area (Å²) in [5, 5.41) is 9.47. The maximum Gasteiger partial charge on any atom is 0.252 e. The highest BCUT2D eigenvalue weighted by Crippen LogP contribution is 1.91. The standard InChI is InChI=1S/C10H17N3O/c1-3-5-6-13-10(14)9(4-2)7-12-8-11/h4,7-8,11H,3,5-6H2,1-2H3,(H,13,14)/b9-4+,11-8?,12-7-. The van der Waals surface area contributed by atoms with Crippen LogP contribution in [0.4, 0.5) is 0 Å². The molecule has 0 spiro atoms. The van der Waals surface area contributed by atoms with Crippen molar-refractivity contribution in [2.75, 3.05) is 6.54 Å². The molecular weight excluding hydrogens is 178 g/mol. The normalized spacial score (nSPS) is 11.7. The summed E-state index contributed by atoms with van der Waals surface area (Å²) in [7, 11) is 0. The maximum absolute atomic E-state index is 11.4. The predicted molar refractivity (Wildman–Crippen MR) is 59.0 cm³/mol. The van der Waals surface area contributed by atoms with Crippen LogP contribution in [-0.2, 0) is 4.79 Å². The molecule has 0 aromatic carbocycles. The molecule has 0 bridgehead atoms. The summed E-state index contributed by atoms with van der Waals surface area (Å²) in [6, 6.07) is 0. The van der Waals surface area contributed by atoms with E-state index < -0.39 is 0 Å². The first-order valence-electron chi connectivity index (χ1n) is 4.72. The second-order valence-corrected chi connectivity index (χ2v) is 2.76. The van der Waals surface area contributed by atoms with E-state index in [4.69, 9.17) is 5.41 Å². The first-order chi connectivity index (χ1) is 6.76. The van der Waals surface area contributed by atoms with Crippen molar-refractivity contribution >= 4 is 18.5 Å². The van der Waals surface area contributed by atoms with Crippen LogP contribution in [0.5, 0.6) is 0 Å². The van der Waals surface area contributed by atoms with Crippen molar-refractivity contribution in [1.29, 1.82) is 5.41 Å². The molecule has 0 aliphatic heterocycles. The van der Waals surface area contributed by atoms with E-state index in [1.807, 2.05) is 0 Å². The van der Waals surface area contributed by atoms with Gasteiger partial charge in [-0.1, -0.05) is 19.4 Å². The lowest BCUT2D eigenvalue weighted by Gasteiger charge is -2.03. The molecule has 0 unspecified atom stereocenters. The number of aliphatic imine (C=N–C) groups is 1. The van der Waals surface area contributed by atoms with Gasteiger partial charge in [0.1, 0.15) is 6.34 Å². The quantitative estimate of drug-likeness (QED) is 0.287. The second-order valence-electron chi connectivity index (χ2n) is 2.76. The Hall–Kier alpha value is -1.45. The van der Waals surface area contributed by atoms with Crippen molar-refractivity contribution in [2.24, 2.45) is 4.99 Å². The van der Waals surface area contributed by atoms with Gasteiger partial charge in [0.15, 0.2) is 0 Å². The molecule has 0 aliphatic carbocycles. The summed E-state index contributed by atoms with van der Waals surface area (Å²) in [4.78, 5) is 15.0. The molecule has 0 radical (unpaired) electrons. The molecule has 0 aromatic rings. The molecule has 0 aromatic heterocycles. The number of carbonyl (C=O) groups excluding carboxylic acids is 1. The average molecular weight is 195 g/mol. The van der Waals surface area contributed by atoms with E-state index in [1.54, 1.807) is 13.0 Å². The van der Waals surface area contributed by atoms with E-state index in [1.165, 1.54) is 6.21 Å². The Morgan fingerprint density at radius 2 is 2.29 bits per heavy atom. The van der Waals surface area contributed by atoms with Crippen LogP contribution < -0.4 is 5.32 Å².